The van der Waals surface area contributed by atoms with Crippen molar-refractivity contribution in [3.05, 3.63) is 83.4 Å². The summed E-state index contributed by atoms with van der Waals surface area (Å²) in [6, 6.07) is 20.2. The van der Waals surface area contributed by atoms with E-state index in [4.69, 9.17) is 0 Å². The Morgan fingerprint density at radius 1 is 0.935 bits per heavy atom. The van der Waals surface area contributed by atoms with Crippen molar-refractivity contribution in [2.75, 3.05) is 6.54 Å². The predicted octanol–water partition coefficient (Wildman–Crippen LogP) is 4.79. The molecule has 5 nitrogen and oxygen atoms in total. The van der Waals surface area contributed by atoms with Crippen LogP contribution in [0.1, 0.15) is 49.2 Å². The van der Waals surface area contributed by atoms with E-state index in [1.165, 1.54) is 0 Å². The predicted molar refractivity (Wildman–Crippen MR) is 121 cm³/mol. The lowest BCUT2D eigenvalue weighted by Crippen LogP contribution is -2.41. The number of carbonyl (C=O) groups is 3. The van der Waals surface area contributed by atoms with Crippen molar-refractivity contribution in [1.82, 2.24) is 10.2 Å². The first-order valence-electron chi connectivity index (χ1n) is 10.4. The molecule has 31 heavy (non-hydrogen) atoms. The number of carbonyl (C=O) groups excluding carboxylic acids is 3. The number of Topliss-reactive ketones (excluding diaryl/α,β-unsaturated/α-hetero) is 1. The molecule has 0 aliphatic carbocycles. The summed E-state index contributed by atoms with van der Waals surface area (Å²) in [5.74, 6) is -0.695. The zero-order chi connectivity index (χ0) is 22.4. The number of fused-ring (bicyclic) bond motifs is 1. The minimum absolute atomic E-state index is 0.0212. The number of rotatable bonds is 4. The van der Waals surface area contributed by atoms with Crippen LogP contribution in [0, 0.1) is 0 Å². The molecule has 0 radical (unpaired) electrons. The average molecular weight is 415 g/mol. The van der Waals surface area contributed by atoms with Gasteiger partial charge in [0.1, 0.15) is 5.54 Å². The highest BCUT2D eigenvalue weighted by Crippen LogP contribution is 2.34. The van der Waals surface area contributed by atoms with Crippen molar-refractivity contribution in [1.29, 1.82) is 0 Å². The highest BCUT2D eigenvalue weighted by molar-refractivity contribution is 6.12. The van der Waals surface area contributed by atoms with Crippen molar-refractivity contribution < 1.29 is 14.4 Å². The van der Waals surface area contributed by atoms with E-state index in [0.717, 1.165) is 21.2 Å². The van der Waals surface area contributed by atoms with Crippen LogP contribution in [0.5, 0.6) is 0 Å². The van der Waals surface area contributed by atoms with E-state index in [1.807, 2.05) is 54.6 Å². The molecule has 158 valence electrons. The number of ketones is 1. The number of amides is 3. The van der Waals surface area contributed by atoms with E-state index in [9.17, 15) is 14.4 Å². The minimum Gasteiger partial charge on any atom is -0.319 e. The molecule has 3 aromatic carbocycles. The van der Waals surface area contributed by atoms with Gasteiger partial charge in [0.05, 0.1) is 6.54 Å². The van der Waals surface area contributed by atoms with Crippen LogP contribution in [0.2, 0.25) is 0 Å². The number of nitrogens with zero attached hydrogens (tertiary/aromatic N) is 1. The number of urea groups is 1. The molecule has 1 aliphatic rings. The van der Waals surface area contributed by atoms with Gasteiger partial charge in [0.25, 0.3) is 5.91 Å². The highest BCUT2D eigenvalue weighted by Gasteiger charge is 2.50. The smallest absolute Gasteiger partial charge is 0.319 e. The second kappa shape index (κ2) is 7.34. The third kappa shape index (κ3) is 3.61. The molecule has 0 saturated carbocycles. The number of hydrogen-bond acceptors (Lipinski definition) is 3. The normalized spacial score (nSPS) is 19.0. The maximum Gasteiger partial charge on any atom is 0.325 e. The molecule has 1 heterocycles. The van der Waals surface area contributed by atoms with Gasteiger partial charge in [0.15, 0.2) is 5.78 Å². The zero-order valence-electron chi connectivity index (χ0n) is 18.2. The molecule has 1 atom stereocenters. The van der Waals surface area contributed by atoms with E-state index >= 15 is 0 Å². The molecule has 3 aromatic rings. The Labute approximate surface area is 182 Å². The maximum absolute atomic E-state index is 13.3. The van der Waals surface area contributed by atoms with Gasteiger partial charge < -0.3 is 5.32 Å². The number of nitrogens with one attached hydrogen (secondary N) is 1. The summed E-state index contributed by atoms with van der Waals surface area (Å²) in [5, 5.41) is 4.69. The Hall–Kier alpha value is -3.47. The van der Waals surface area contributed by atoms with Gasteiger partial charge in [-0.05, 0) is 34.2 Å². The lowest BCUT2D eigenvalue weighted by Gasteiger charge is -2.24. The summed E-state index contributed by atoms with van der Waals surface area (Å²) in [4.78, 5) is 39.9. The molecule has 1 fully saturated rings. The van der Waals surface area contributed by atoms with Crippen LogP contribution >= 0.6 is 0 Å². The Kier molecular flexibility index (Phi) is 4.92. The first-order chi connectivity index (χ1) is 14.6. The summed E-state index contributed by atoms with van der Waals surface area (Å²) < 4.78 is 0. The van der Waals surface area contributed by atoms with Crippen LogP contribution in [0.25, 0.3) is 10.8 Å². The summed E-state index contributed by atoms with van der Waals surface area (Å²) >= 11 is 0. The second-order valence-electron chi connectivity index (χ2n) is 9.22. The van der Waals surface area contributed by atoms with Gasteiger partial charge in [0.2, 0.25) is 0 Å². The van der Waals surface area contributed by atoms with Gasteiger partial charge in [0, 0.05) is 5.56 Å². The number of benzene rings is 3. The SMILES string of the molecule is CC(C)(C)c1ccc(C(=O)CN2C(=O)N[C@@](C)(c3cccc4ccccc34)C2=O)cc1. The maximum atomic E-state index is 13.3. The van der Waals surface area contributed by atoms with Gasteiger partial charge >= 0.3 is 6.03 Å². The fourth-order valence-electron chi connectivity index (χ4n) is 4.08. The first kappa shape index (κ1) is 20.8. The highest BCUT2D eigenvalue weighted by atomic mass is 16.2. The van der Waals surface area contributed by atoms with Crippen LogP contribution in [-0.4, -0.2) is 29.2 Å². The molecule has 0 bridgehead atoms. The Morgan fingerprint density at radius 2 is 1.58 bits per heavy atom. The molecule has 4 rings (SSSR count). The fourth-order valence-corrected chi connectivity index (χ4v) is 4.08. The first-order valence-corrected chi connectivity index (χ1v) is 10.4. The molecular formula is C26H26N2O3. The van der Waals surface area contributed by atoms with Crippen molar-refractivity contribution in [2.24, 2.45) is 0 Å². The molecule has 5 heteroatoms. The van der Waals surface area contributed by atoms with E-state index in [-0.39, 0.29) is 17.7 Å². The van der Waals surface area contributed by atoms with Crippen LogP contribution in [0.3, 0.4) is 0 Å². The number of hydrogen-bond donors (Lipinski definition) is 1. The third-order valence-corrected chi connectivity index (χ3v) is 5.98. The monoisotopic (exact) mass is 414 g/mol. The molecular weight excluding hydrogens is 388 g/mol. The van der Waals surface area contributed by atoms with E-state index in [1.54, 1.807) is 19.1 Å². The molecule has 0 unspecified atom stereocenters. The summed E-state index contributed by atoms with van der Waals surface area (Å²) in [6.07, 6.45) is 0. The van der Waals surface area contributed by atoms with Gasteiger partial charge in [-0.3, -0.25) is 14.5 Å². The molecule has 0 aromatic heterocycles. The zero-order valence-corrected chi connectivity index (χ0v) is 18.2. The standard InChI is InChI=1S/C26H26N2O3/c1-25(2,3)19-14-12-18(13-15-19)22(29)16-28-23(30)26(4,27-24(28)31)21-11-7-9-17-8-5-6-10-20(17)21/h5-15H,16H2,1-4H3,(H,27,31)/t26-/m0/s1. The number of imide groups is 1. The Balaban J connectivity index is 1.60. The van der Waals surface area contributed by atoms with Crippen molar-refractivity contribution in [2.45, 2.75) is 38.6 Å². The minimum atomic E-state index is -1.23. The van der Waals surface area contributed by atoms with Crippen LogP contribution in [0.4, 0.5) is 4.79 Å². The molecule has 3 amide bonds. The van der Waals surface area contributed by atoms with Crippen LogP contribution in [0.15, 0.2) is 66.7 Å². The molecule has 1 aliphatic heterocycles. The quantitative estimate of drug-likeness (QED) is 0.493. The van der Waals surface area contributed by atoms with E-state index in [2.05, 4.69) is 26.1 Å². The Bertz CT molecular complexity index is 1190. The van der Waals surface area contributed by atoms with Crippen molar-refractivity contribution >= 4 is 28.5 Å². The third-order valence-electron chi connectivity index (χ3n) is 5.98. The van der Waals surface area contributed by atoms with Crippen LogP contribution < -0.4 is 5.32 Å². The van der Waals surface area contributed by atoms with Crippen molar-refractivity contribution in [3.63, 3.8) is 0 Å². The molecule has 0 spiro atoms. The molecule has 1 saturated heterocycles. The van der Waals surface area contributed by atoms with Crippen LogP contribution in [-0.2, 0) is 15.7 Å². The van der Waals surface area contributed by atoms with Gasteiger partial charge in [-0.15, -0.1) is 0 Å². The van der Waals surface area contributed by atoms with Gasteiger partial charge in [-0.25, -0.2) is 4.79 Å². The Morgan fingerprint density at radius 3 is 2.26 bits per heavy atom. The van der Waals surface area contributed by atoms with Gasteiger partial charge in [-0.1, -0.05) is 87.5 Å². The summed E-state index contributed by atoms with van der Waals surface area (Å²) in [5.41, 5.74) is 1.06. The van der Waals surface area contributed by atoms with Gasteiger partial charge in [-0.2, -0.15) is 0 Å². The van der Waals surface area contributed by atoms with E-state index in [0.29, 0.717) is 11.1 Å². The van der Waals surface area contributed by atoms with E-state index < -0.39 is 17.5 Å². The van der Waals surface area contributed by atoms with Crippen molar-refractivity contribution in [3.8, 4) is 0 Å². The average Bonchev–Trinajstić information content (AvgIpc) is 2.96. The fraction of sp³-hybridized carbons (Fsp3) is 0.269. The lowest BCUT2D eigenvalue weighted by molar-refractivity contribution is -0.130. The largest absolute Gasteiger partial charge is 0.325 e. The summed E-state index contributed by atoms with van der Waals surface area (Å²) in [7, 11) is 0. The molecule has 1 N–H and O–H groups in total. The summed E-state index contributed by atoms with van der Waals surface area (Å²) in [6.45, 7) is 7.71. The second-order valence-corrected chi connectivity index (χ2v) is 9.22. The topological polar surface area (TPSA) is 66.5 Å². The lowest BCUT2D eigenvalue weighted by atomic mass is 9.86.